The Kier molecular flexibility index (Phi) is 3.17. The number of benzene rings is 2. The Morgan fingerprint density at radius 1 is 1.21 bits per heavy atom. The first kappa shape index (κ1) is 12.1. The minimum absolute atomic E-state index is 0.201. The van der Waals surface area contributed by atoms with Crippen LogP contribution in [0.15, 0.2) is 42.5 Å². The molecule has 0 aliphatic carbocycles. The number of halogens is 1. The van der Waals surface area contributed by atoms with Gasteiger partial charge in [0.05, 0.1) is 15.2 Å². The molecule has 1 N–H and O–H groups in total. The van der Waals surface area contributed by atoms with Gasteiger partial charge < -0.3 is 5.32 Å². The largest absolute Gasteiger partial charge is 0.381 e. The Balaban J connectivity index is 1.78. The molecular weight excluding hydrogens is 259 g/mol. The van der Waals surface area contributed by atoms with Crippen molar-refractivity contribution in [1.82, 2.24) is 4.98 Å². The van der Waals surface area contributed by atoms with E-state index in [0.29, 0.717) is 6.54 Å². The van der Waals surface area contributed by atoms with Crippen LogP contribution in [0.25, 0.3) is 10.2 Å². The summed E-state index contributed by atoms with van der Waals surface area (Å²) < 4.78 is 14.2. The molecule has 3 rings (SSSR count). The first-order valence-electron chi connectivity index (χ1n) is 6.06. The SMILES string of the molecule is Cc1nc2ccc(NCc3cccc(F)c3)cc2s1. The lowest BCUT2D eigenvalue weighted by molar-refractivity contribution is 0.626. The molecule has 0 saturated heterocycles. The number of hydrogen-bond acceptors (Lipinski definition) is 3. The molecule has 1 aromatic heterocycles. The van der Waals surface area contributed by atoms with Crippen molar-refractivity contribution in [3.05, 3.63) is 58.9 Å². The van der Waals surface area contributed by atoms with Gasteiger partial charge in [-0.2, -0.15) is 0 Å². The van der Waals surface area contributed by atoms with Gasteiger partial charge in [0, 0.05) is 12.2 Å². The van der Waals surface area contributed by atoms with Gasteiger partial charge in [0.25, 0.3) is 0 Å². The molecule has 3 aromatic rings. The molecule has 4 heteroatoms. The first-order chi connectivity index (χ1) is 9.20. The minimum Gasteiger partial charge on any atom is -0.381 e. The average Bonchev–Trinajstić information content (AvgIpc) is 2.75. The van der Waals surface area contributed by atoms with Crippen molar-refractivity contribution >= 4 is 27.2 Å². The molecule has 0 amide bonds. The molecule has 96 valence electrons. The van der Waals surface area contributed by atoms with E-state index < -0.39 is 0 Å². The summed E-state index contributed by atoms with van der Waals surface area (Å²) in [7, 11) is 0. The Labute approximate surface area is 114 Å². The number of nitrogens with zero attached hydrogens (tertiary/aromatic N) is 1. The van der Waals surface area contributed by atoms with Crippen molar-refractivity contribution in [1.29, 1.82) is 0 Å². The number of aryl methyl sites for hydroxylation is 1. The summed E-state index contributed by atoms with van der Waals surface area (Å²) in [5.74, 6) is -0.201. The second kappa shape index (κ2) is 4.97. The molecule has 0 saturated carbocycles. The zero-order valence-corrected chi connectivity index (χ0v) is 11.3. The lowest BCUT2D eigenvalue weighted by Gasteiger charge is -2.06. The predicted octanol–water partition coefficient (Wildman–Crippen LogP) is 4.36. The van der Waals surface area contributed by atoms with Gasteiger partial charge in [-0.1, -0.05) is 12.1 Å². The molecule has 0 unspecified atom stereocenters. The monoisotopic (exact) mass is 272 g/mol. The van der Waals surface area contributed by atoms with E-state index in [9.17, 15) is 4.39 Å². The summed E-state index contributed by atoms with van der Waals surface area (Å²) in [5.41, 5.74) is 2.99. The fraction of sp³-hybridized carbons (Fsp3) is 0.133. The van der Waals surface area contributed by atoms with Crippen LogP contribution >= 0.6 is 11.3 Å². The number of nitrogens with one attached hydrogen (secondary N) is 1. The number of anilines is 1. The maximum Gasteiger partial charge on any atom is 0.123 e. The maximum atomic E-state index is 13.1. The summed E-state index contributed by atoms with van der Waals surface area (Å²) in [6.45, 7) is 2.62. The molecule has 0 bridgehead atoms. The van der Waals surface area contributed by atoms with Gasteiger partial charge in [0.2, 0.25) is 0 Å². The van der Waals surface area contributed by atoms with E-state index in [2.05, 4.69) is 16.4 Å². The fourth-order valence-electron chi connectivity index (χ4n) is 2.00. The van der Waals surface area contributed by atoms with Crippen molar-refractivity contribution in [3.8, 4) is 0 Å². The van der Waals surface area contributed by atoms with Crippen LogP contribution in [-0.2, 0) is 6.54 Å². The highest BCUT2D eigenvalue weighted by Crippen LogP contribution is 2.25. The van der Waals surface area contributed by atoms with Gasteiger partial charge in [-0.25, -0.2) is 9.37 Å². The van der Waals surface area contributed by atoms with Crippen molar-refractivity contribution in [2.45, 2.75) is 13.5 Å². The van der Waals surface area contributed by atoms with E-state index in [0.717, 1.165) is 21.8 Å². The molecule has 0 aliphatic heterocycles. The molecule has 19 heavy (non-hydrogen) atoms. The van der Waals surface area contributed by atoms with Crippen LogP contribution in [0, 0.1) is 12.7 Å². The summed E-state index contributed by atoms with van der Waals surface area (Å²) in [6.07, 6.45) is 0. The zero-order valence-electron chi connectivity index (χ0n) is 10.5. The van der Waals surface area contributed by atoms with E-state index in [1.807, 2.05) is 25.1 Å². The summed E-state index contributed by atoms with van der Waals surface area (Å²) in [5, 5.41) is 4.37. The van der Waals surface area contributed by atoms with E-state index in [1.54, 1.807) is 23.5 Å². The van der Waals surface area contributed by atoms with E-state index in [4.69, 9.17) is 0 Å². The molecular formula is C15H13FN2S. The normalized spacial score (nSPS) is 10.8. The quantitative estimate of drug-likeness (QED) is 0.766. The lowest BCUT2D eigenvalue weighted by atomic mass is 10.2. The van der Waals surface area contributed by atoms with E-state index >= 15 is 0 Å². The standard InChI is InChI=1S/C15H13FN2S/c1-10-18-14-6-5-13(8-15(14)19-10)17-9-11-3-2-4-12(16)7-11/h2-8,17H,9H2,1H3. The molecule has 1 heterocycles. The molecule has 0 fully saturated rings. The van der Waals surface area contributed by atoms with Crippen LogP contribution in [0.2, 0.25) is 0 Å². The number of fused-ring (bicyclic) bond motifs is 1. The third-order valence-corrected chi connectivity index (χ3v) is 3.81. The second-order valence-corrected chi connectivity index (χ2v) is 5.63. The van der Waals surface area contributed by atoms with Gasteiger partial charge in [0.15, 0.2) is 0 Å². The predicted molar refractivity (Wildman–Crippen MR) is 78.1 cm³/mol. The van der Waals surface area contributed by atoms with Crippen LogP contribution < -0.4 is 5.32 Å². The molecule has 2 nitrogen and oxygen atoms in total. The lowest BCUT2D eigenvalue weighted by Crippen LogP contribution is -1.99. The van der Waals surface area contributed by atoms with E-state index in [1.165, 1.54) is 10.8 Å². The van der Waals surface area contributed by atoms with Crippen molar-refractivity contribution in [2.75, 3.05) is 5.32 Å². The molecule has 0 atom stereocenters. The second-order valence-electron chi connectivity index (χ2n) is 4.40. The van der Waals surface area contributed by atoms with Crippen molar-refractivity contribution in [3.63, 3.8) is 0 Å². The molecule has 2 aromatic carbocycles. The molecule has 0 spiro atoms. The van der Waals surface area contributed by atoms with Crippen LogP contribution in [-0.4, -0.2) is 4.98 Å². The highest BCUT2D eigenvalue weighted by atomic mass is 32.1. The summed E-state index contributed by atoms with van der Waals surface area (Å²) >= 11 is 1.68. The Morgan fingerprint density at radius 3 is 2.95 bits per heavy atom. The number of aromatic nitrogens is 1. The van der Waals surface area contributed by atoms with Gasteiger partial charge >= 0.3 is 0 Å². The van der Waals surface area contributed by atoms with E-state index in [-0.39, 0.29) is 5.82 Å². The topological polar surface area (TPSA) is 24.9 Å². The Hall–Kier alpha value is -1.94. The third-order valence-electron chi connectivity index (χ3n) is 2.88. The number of rotatable bonds is 3. The molecule has 0 aliphatic rings. The highest BCUT2D eigenvalue weighted by Gasteiger charge is 2.02. The van der Waals surface area contributed by atoms with Crippen LogP contribution in [0.1, 0.15) is 10.6 Å². The van der Waals surface area contributed by atoms with Crippen LogP contribution in [0.3, 0.4) is 0 Å². The van der Waals surface area contributed by atoms with Crippen LogP contribution in [0.5, 0.6) is 0 Å². The average molecular weight is 272 g/mol. The van der Waals surface area contributed by atoms with Gasteiger partial charge in [-0.05, 0) is 42.8 Å². The highest BCUT2D eigenvalue weighted by molar-refractivity contribution is 7.18. The number of thiazole rings is 1. The first-order valence-corrected chi connectivity index (χ1v) is 6.88. The third kappa shape index (κ3) is 2.74. The van der Waals surface area contributed by atoms with Gasteiger partial charge in [-0.15, -0.1) is 11.3 Å². The maximum absolute atomic E-state index is 13.1. The fourth-order valence-corrected chi connectivity index (χ4v) is 2.87. The summed E-state index contributed by atoms with van der Waals surface area (Å²) in [4.78, 5) is 4.43. The van der Waals surface area contributed by atoms with Crippen molar-refractivity contribution in [2.24, 2.45) is 0 Å². The minimum atomic E-state index is -0.201. The Morgan fingerprint density at radius 2 is 2.11 bits per heavy atom. The van der Waals surface area contributed by atoms with Gasteiger partial charge in [0.1, 0.15) is 5.82 Å². The van der Waals surface area contributed by atoms with Crippen LogP contribution in [0.4, 0.5) is 10.1 Å². The Bertz CT molecular complexity index is 721. The molecule has 0 radical (unpaired) electrons. The smallest absolute Gasteiger partial charge is 0.123 e. The zero-order chi connectivity index (χ0) is 13.2. The van der Waals surface area contributed by atoms with Gasteiger partial charge in [-0.3, -0.25) is 0 Å². The number of hydrogen-bond donors (Lipinski definition) is 1. The summed E-state index contributed by atoms with van der Waals surface area (Å²) in [6, 6.07) is 12.7. The van der Waals surface area contributed by atoms with Crippen molar-refractivity contribution < 1.29 is 4.39 Å².